The average Bonchev–Trinajstić information content (AvgIpc) is 2.36. The molecule has 0 radical (unpaired) electrons. The highest BCUT2D eigenvalue weighted by Crippen LogP contribution is 2.16. The van der Waals surface area contributed by atoms with Crippen LogP contribution in [0.5, 0.6) is 5.75 Å². The lowest BCUT2D eigenvalue weighted by atomic mass is 10.1. The van der Waals surface area contributed by atoms with Gasteiger partial charge in [-0.3, -0.25) is 0 Å². The summed E-state index contributed by atoms with van der Waals surface area (Å²) < 4.78 is 28.0. The first-order valence-electron chi connectivity index (χ1n) is 7.16. The van der Waals surface area contributed by atoms with E-state index in [4.69, 9.17) is 9.88 Å². The summed E-state index contributed by atoms with van der Waals surface area (Å²) in [4.78, 5) is 0. The van der Waals surface area contributed by atoms with Crippen molar-refractivity contribution in [2.24, 2.45) is 11.1 Å². The Morgan fingerprint density at radius 3 is 2.30 bits per heavy atom. The first-order chi connectivity index (χ1) is 9.44. The van der Waals surface area contributed by atoms with Crippen LogP contribution >= 0.6 is 0 Å². The van der Waals surface area contributed by atoms with Crippen molar-refractivity contribution < 1.29 is 13.2 Å². The Morgan fingerprint density at radius 2 is 1.80 bits per heavy atom. The number of nitrogens with two attached hydrogens (primary N) is 1. The smallest absolute Gasteiger partial charge is 0.209 e. The van der Waals surface area contributed by atoms with Crippen LogP contribution in [0, 0.1) is 5.92 Å². The van der Waals surface area contributed by atoms with E-state index >= 15 is 0 Å². The van der Waals surface area contributed by atoms with Gasteiger partial charge in [-0.05, 0) is 30.5 Å². The maximum atomic E-state index is 11.2. The van der Waals surface area contributed by atoms with Gasteiger partial charge in [0, 0.05) is 5.92 Å². The zero-order chi connectivity index (χ0) is 15.0. The third-order valence-electron chi connectivity index (χ3n) is 3.11. The fraction of sp³-hybridized carbons (Fsp3) is 0.600. The van der Waals surface area contributed by atoms with Crippen LogP contribution in [0.1, 0.15) is 38.7 Å². The van der Waals surface area contributed by atoms with Gasteiger partial charge in [-0.1, -0.05) is 38.8 Å². The van der Waals surface area contributed by atoms with Crippen molar-refractivity contribution in [1.82, 2.24) is 0 Å². The minimum Gasteiger partial charge on any atom is -0.493 e. The maximum Gasteiger partial charge on any atom is 0.209 e. The molecule has 0 spiro atoms. The first kappa shape index (κ1) is 17.0. The number of aryl methyl sites for hydroxylation is 1. The van der Waals surface area contributed by atoms with Gasteiger partial charge in [-0.15, -0.1) is 0 Å². The molecule has 0 amide bonds. The van der Waals surface area contributed by atoms with E-state index in [-0.39, 0.29) is 11.7 Å². The van der Waals surface area contributed by atoms with Gasteiger partial charge in [0.15, 0.2) is 0 Å². The lowest BCUT2D eigenvalue weighted by Gasteiger charge is -2.16. The van der Waals surface area contributed by atoms with Gasteiger partial charge in [0.05, 0.1) is 12.4 Å². The molecule has 5 heteroatoms. The van der Waals surface area contributed by atoms with Gasteiger partial charge >= 0.3 is 0 Å². The summed E-state index contributed by atoms with van der Waals surface area (Å²) in [7, 11) is -3.44. The monoisotopic (exact) mass is 299 g/mol. The standard InChI is InChI=1S/C15H25NO3S/c1-3-5-13-7-9-15(10-8-13)19-11-14(6-4-2)12-20(16,17)18/h7-10,14H,3-6,11-12H2,1-2H3,(H2,16,17,18). The lowest BCUT2D eigenvalue weighted by molar-refractivity contribution is 0.252. The molecule has 0 aliphatic rings. The normalized spacial score (nSPS) is 13.2. The van der Waals surface area contributed by atoms with Gasteiger partial charge in [0.25, 0.3) is 0 Å². The number of ether oxygens (including phenoxy) is 1. The number of hydrogen-bond acceptors (Lipinski definition) is 3. The van der Waals surface area contributed by atoms with E-state index in [2.05, 4.69) is 6.92 Å². The molecule has 1 rings (SSSR count). The third-order valence-corrected chi connectivity index (χ3v) is 4.05. The third kappa shape index (κ3) is 6.91. The Bertz CT molecular complexity index is 482. The SMILES string of the molecule is CCCc1ccc(OCC(CCC)CS(N)(=O)=O)cc1. The Hall–Kier alpha value is -1.07. The molecule has 0 saturated carbocycles. The zero-order valence-corrected chi connectivity index (χ0v) is 13.2. The second-order valence-corrected chi connectivity index (χ2v) is 6.85. The van der Waals surface area contributed by atoms with E-state index in [1.165, 1.54) is 5.56 Å². The van der Waals surface area contributed by atoms with Gasteiger partial charge in [-0.25, -0.2) is 13.6 Å². The summed E-state index contributed by atoms with van der Waals surface area (Å²) in [6, 6.07) is 7.97. The minimum atomic E-state index is -3.44. The molecule has 1 aromatic rings. The molecule has 1 aromatic carbocycles. The second kappa shape index (κ2) is 8.27. The Balaban J connectivity index is 2.53. The number of rotatable bonds is 9. The molecule has 0 bridgehead atoms. The summed E-state index contributed by atoms with van der Waals surface area (Å²) in [5.41, 5.74) is 1.29. The molecule has 2 N–H and O–H groups in total. The molecule has 1 atom stereocenters. The van der Waals surface area contributed by atoms with Crippen LogP contribution in [0.3, 0.4) is 0 Å². The second-order valence-electron chi connectivity index (χ2n) is 5.19. The molecule has 4 nitrogen and oxygen atoms in total. The van der Waals surface area contributed by atoms with Gasteiger partial charge < -0.3 is 4.74 Å². The van der Waals surface area contributed by atoms with Crippen LogP contribution in [-0.4, -0.2) is 20.8 Å². The summed E-state index contributed by atoms with van der Waals surface area (Å²) >= 11 is 0. The molecule has 0 fully saturated rings. The molecule has 1 unspecified atom stereocenters. The van der Waals surface area contributed by atoms with E-state index in [9.17, 15) is 8.42 Å². The highest BCUT2D eigenvalue weighted by Gasteiger charge is 2.16. The quantitative estimate of drug-likeness (QED) is 0.762. The number of benzene rings is 1. The molecule has 0 aliphatic carbocycles. The van der Waals surface area contributed by atoms with Gasteiger partial charge in [0.1, 0.15) is 5.75 Å². The predicted molar refractivity (Wildman–Crippen MR) is 82.3 cm³/mol. The molecule has 0 aliphatic heterocycles. The largest absolute Gasteiger partial charge is 0.493 e. The molecular weight excluding hydrogens is 274 g/mol. The maximum absolute atomic E-state index is 11.2. The van der Waals surface area contributed by atoms with Crippen LogP contribution in [0.2, 0.25) is 0 Å². The number of primary sulfonamides is 1. The highest BCUT2D eigenvalue weighted by atomic mass is 32.2. The van der Waals surface area contributed by atoms with Gasteiger partial charge in [0.2, 0.25) is 10.0 Å². The fourth-order valence-electron chi connectivity index (χ4n) is 2.21. The average molecular weight is 299 g/mol. The summed E-state index contributed by atoms with van der Waals surface area (Å²) in [5, 5.41) is 5.11. The van der Waals surface area contributed by atoms with Crippen molar-refractivity contribution in [3.05, 3.63) is 29.8 Å². The highest BCUT2D eigenvalue weighted by molar-refractivity contribution is 7.89. The first-order valence-corrected chi connectivity index (χ1v) is 8.88. The topological polar surface area (TPSA) is 69.4 Å². The molecule has 0 heterocycles. The van der Waals surface area contributed by atoms with Crippen LogP contribution in [0.4, 0.5) is 0 Å². The van der Waals surface area contributed by atoms with Crippen molar-refractivity contribution in [3.63, 3.8) is 0 Å². The summed E-state index contributed by atoms with van der Waals surface area (Å²) in [6.07, 6.45) is 3.89. The molecular formula is C15H25NO3S. The van der Waals surface area contributed by atoms with Crippen molar-refractivity contribution >= 4 is 10.0 Å². The van der Waals surface area contributed by atoms with Crippen LogP contribution in [0.15, 0.2) is 24.3 Å². The van der Waals surface area contributed by atoms with E-state index in [0.29, 0.717) is 6.61 Å². The Kier molecular flexibility index (Phi) is 7.02. The van der Waals surface area contributed by atoms with Crippen molar-refractivity contribution in [2.75, 3.05) is 12.4 Å². The van der Waals surface area contributed by atoms with Crippen molar-refractivity contribution in [2.45, 2.75) is 39.5 Å². The van der Waals surface area contributed by atoms with Crippen molar-refractivity contribution in [3.8, 4) is 5.75 Å². The van der Waals surface area contributed by atoms with Crippen LogP contribution in [-0.2, 0) is 16.4 Å². The summed E-state index contributed by atoms with van der Waals surface area (Å²) in [6.45, 7) is 4.56. The van der Waals surface area contributed by atoms with Gasteiger partial charge in [-0.2, -0.15) is 0 Å². The Labute approximate surface area is 122 Å². The van der Waals surface area contributed by atoms with E-state index in [1.807, 2.05) is 31.2 Å². The molecule has 20 heavy (non-hydrogen) atoms. The van der Waals surface area contributed by atoms with Crippen molar-refractivity contribution in [1.29, 1.82) is 0 Å². The lowest BCUT2D eigenvalue weighted by Crippen LogP contribution is -2.26. The zero-order valence-electron chi connectivity index (χ0n) is 12.3. The molecule has 114 valence electrons. The van der Waals surface area contributed by atoms with Crippen LogP contribution < -0.4 is 9.88 Å². The number of sulfonamides is 1. The predicted octanol–water partition coefficient (Wildman–Crippen LogP) is 2.72. The van der Waals surface area contributed by atoms with E-state index in [1.54, 1.807) is 0 Å². The van der Waals surface area contributed by atoms with Crippen LogP contribution in [0.25, 0.3) is 0 Å². The molecule has 0 saturated heterocycles. The van der Waals surface area contributed by atoms with E-state index in [0.717, 1.165) is 31.4 Å². The minimum absolute atomic E-state index is 0.0191. The fourth-order valence-corrected chi connectivity index (χ4v) is 3.13. The summed E-state index contributed by atoms with van der Waals surface area (Å²) in [5.74, 6) is 0.708. The van der Waals surface area contributed by atoms with E-state index < -0.39 is 10.0 Å². The number of hydrogen-bond donors (Lipinski definition) is 1. The Morgan fingerprint density at radius 1 is 1.15 bits per heavy atom. The molecule has 0 aromatic heterocycles.